The number of H-pyrrole nitrogens is 1. The predicted octanol–water partition coefficient (Wildman–Crippen LogP) is 5.49. The molecule has 200 valence electrons. The standard InChI is InChI=1S/C29H26ClN3O6/c1-14-6-8-19-20(12-14)32-29(31-19)33-24(16-7-9-21(37-3)22(13-16)38-4)23(26(35)28(33)36)25(34)17-10-15(2)11-18(30)27(17)39-5/h6-13,24,34H,1-5H3,(H,31,32)/b25-23+. The zero-order valence-electron chi connectivity index (χ0n) is 22.0. The lowest BCUT2D eigenvalue weighted by Gasteiger charge is -2.24. The van der Waals surface area contributed by atoms with Gasteiger partial charge in [-0.2, -0.15) is 0 Å². The normalized spacial score (nSPS) is 16.7. The molecule has 1 atom stereocenters. The highest BCUT2D eigenvalue weighted by atomic mass is 35.5. The summed E-state index contributed by atoms with van der Waals surface area (Å²) in [5, 5.41) is 11.9. The van der Waals surface area contributed by atoms with Crippen molar-refractivity contribution >= 4 is 46.0 Å². The van der Waals surface area contributed by atoms with E-state index < -0.39 is 23.5 Å². The van der Waals surface area contributed by atoms with Crippen molar-refractivity contribution in [1.82, 2.24) is 9.97 Å². The molecule has 39 heavy (non-hydrogen) atoms. The molecule has 9 nitrogen and oxygen atoms in total. The van der Waals surface area contributed by atoms with Gasteiger partial charge in [0.1, 0.15) is 11.5 Å². The van der Waals surface area contributed by atoms with Crippen LogP contribution >= 0.6 is 11.6 Å². The van der Waals surface area contributed by atoms with Crippen molar-refractivity contribution in [2.45, 2.75) is 19.9 Å². The van der Waals surface area contributed by atoms with E-state index in [-0.39, 0.29) is 27.9 Å². The van der Waals surface area contributed by atoms with Gasteiger partial charge in [-0.15, -0.1) is 0 Å². The molecule has 1 aliphatic rings. The number of carbonyl (C=O) groups excluding carboxylic acids is 2. The summed E-state index contributed by atoms with van der Waals surface area (Å²) in [6, 6.07) is 12.9. The number of anilines is 1. The molecule has 1 unspecified atom stereocenters. The first-order valence-corrected chi connectivity index (χ1v) is 12.4. The van der Waals surface area contributed by atoms with Gasteiger partial charge in [-0.05, 0) is 66.9 Å². The number of ether oxygens (including phenoxy) is 3. The minimum atomic E-state index is -1.06. The van der Waals surface area contributed by atoms with Crippen LogP contribution in [0, 0.1) is 13.8 Å². The van der Waals surface area contributed by atoms with Crippen LogP contribution in [0.3, 0.4) is 0 Å². The number of rotatable bonds is 6. The molecule has 1 aliphatic heterocycles. The van der Waals surface area contributed by atoms with Gasteiger partial charge in [-0.3, -0.25) is 14.5 Å². The summed E-state index contributed by atoms with van der Waals surface area (Å²) in [4.78, 5) is 36.2. The van der Waals surface area contributed by atoms with Gasteiger partial charge in [0.25, 0.3) is 5.78 Å². The fourth-order valence-corrected chi connectivity index (χ4v) is 5.22. The van der Waals surface area contributed by atoms with E-state index in [4.69, 9.17) is 25.8 Å². The molecule has 1 amide bonds. The number of carbonyl (C=O) groups is 2. The summed E-state index contributed by atoms with van der Waals surface area (Å²) in [6.45, 7) is 3.74. The van der Waals surface area contributed by atoms with E-state index in [9.17, 15) is 14.7 Å². The maximum atomic E-state index is 13.6. The molecule has 10 heteroatoms. The Morgan fingerprint density at radius 3 is 2.38 bits per heavy atom. The minimum Gasteiger partial charge on any atom is -0.507 e. The lowest BCUT2D eigenvalue weighted by atomic mass is 9.94. The van der Waals surface area contributed by atoms with Crippen LogP contribution in [0.5, 0.6) is 17.2 Å². The number of aryl methyl sites for hydroxylation is 2. The molecule has 0 bridgehead atoms. The highest BCUT2D eigenvalue weighted by Crippen LogP contribution is 2.45. The van der Waals surface area contributed by atoms with Crippen LogP contribution in [0.4, 0.5) is 5.95 Å². The first-order valence-electron chi connectivity index (χ1n) is 12.0. The average Bonchev–Trinajstić information content (AvgIpc) is 3.44. The lowest BCUT2D eigenvalue weighted by molar-refractivity contribution is -0.132. The van der Waals surface area contributed by atoms with Gasteiger partial charge in [-0.1, -0.05) is 23.7 Å². The summed E-state index contributed by atoms with van der Waals surface area (Å²) in [7, 11) is 4.40. The van der Waals surface area contributed by atoms with Gasteiger partial charge in [0.15, 0.2) is 11.5 Å². The molecule has 1 saturated heterocycles. The van der Waals surface area contributed by atoms with Crippen molar-refractivity contribution < 1.29 is 28.9 Å². The van der Waals surface area contributed by atoms with Gasteiger partial charge in [0, 0.05) is 0 Å². The number of aromatic nitrogens is 2. The number of hydrogen-bond donors (Lipinski definition) is 2. The van der Waals surface area contributed by atoms with E-state index in [2.05, 4.69) is 9.97 Å². The second-order valence-corrected chi connectivity index (χ2v) is 9.60. The Morgan fingerprint density at radius 2 is 1.69 bits per heavy atom. The summed E-state index contributed by atoms with van der Waals surface area (Å²) < 4.78 is 16.3. The number of amides is 1. The second-order valence-electron chi connectivity index (χ2n) is 9.19. The molecule has 0 saturated carbocycles. The van der Waals surface area contributed by atoms with Crippen LogP contribution < -0.4 is 19.1 Å². The number of methoxy groups -OCH3 is 3. The molecule has 0 spiro atoms. The van der Waals surface area contributed by atoms with Crippen LogP contribution in [0.2, 0.25) is 5.02 Å². The number of nitrogens with one attached hydrogen (secondary N) is 1. The SMILES string of the molecule is COc1ccc(C2/C(=C(\O)c3cc(C)cc(Cl)c3OC)C(=O)C(=O)N2c2nc3ccc(C)cc3[nH]2)cc1OC. The van der Waals surface area contributed by atoms with Gasteiger partial charge >= 0.3 is 5.91 Å². The molecule has 5 rings (SSSR count). The average molecular weight is 548 g/mol. The van der Waals surface area contributed by atoms with Crippen molar-refractivity contribution in [3.63, 3.8) is 0 Å². The number of hydrogen-bond acceptors (Lipinski definition) is 7. The van der Waals surface area contributed by atoms with Crippen LogP contribution in [0.25, 0.3) is 16.8 Å². The van der Waals surface area contributed by atoms with Crippen LogP contribution in [0.1, 0.15) is 28.3 Å². The smallest absolute Gasteiger partial charge is 0.302 e. The molecule has 2 N–H and O–H groups in total. The largest absolute Gasteiger partial charge is 0.507 e. The van der Waals surface area contributed by atoms with E-state index in [1.54, 1.807) is 37.3 Å². The van der Waals surface area contributed by atoms with Crippen LogP contribution in [0.15, 0.2) is 54.1 Å². The third kappa shape index (κ3) is 4.34. The van der Waals surface area contributed by atoms with E-state index in [0.29, 0.717) is 28.1 Å². The number of fused-ring (bicyclic) bond motifs is 1. The highest BCUT2D eigenvalue weighted by Gasteiger charge is 2.48. The third-order valence-corrected chi connectivity index (χ3v) is 6.95. The Hall–Kier alpha value is -4.50. The second kappa shape index (κ2) is 9.99. The number of nitrogens with zero attached hydrogens (tertiary/aromatic N) is 2. The molecule has 1 aromatic heterocycles. The van der Waals surface area contributed by atoms with Gasteiger partial charge in [-0.25, -0.2) is 4.98 Å². The molecule has 0 radical (unpaired) electrons. The number of benzene rings is 3. The van der Waals surface area contributed by atoms with Crippen molar-refractivity contribution in [3.8, 4) is 17.2 Å². The third-order valence-electron chi connectivity index (χ3n) is 6.67. The van der Waals surface area contributed by atoms with Gasteiger partial charge in [0.05, 0.1) is 54.6 Å². The van der Waals surface area contributed by atoms with Gasteiger partial charge in [0.2, 0.25) is 5.95 Å². The molecular formula is C29H26ClN3O6. The molecular weight excluding hydrogens is 522 g/mol. The number of aliphatic hydroxyl groups is 1. The molecule has 3 aromatic carbocycles. The van der Waals surface area contributed by atoms with E-state index in [1.165, 1.54) is 26.2 Å². The minimum absolute atomic E-state index is 0.149. The van der Waals surface area contributed by atoms with Crippen LogP contribution in [-0.2, 0) is 9.59 Å². The molecule has 0 aliphatic carbocycles. The summed E-state index contributed by atoms with van der Waals surface area (Å²) in [6.07, 6.45) is 0. The van der Waals surface area contributed by atoms with Crippen molar-refractivity contribution in [1.29, 1.82) is 0 Å². The summed E-state index contributed by atoms with van der Waals surface area (Å²) >= 11 is 6.39. The lowest BCUT2D eigenvalue weighted by Crippen LogP contribution is -2.30. The quantitative estimate of drug-likeness (QED) is 0.186. The Kier molecular flexibility index (Phi) is 6.69. The number of imidazole rings is 1. The number of aromatic amines is 1. The Bertz CT molecular complexity index is 1680. The van der Waals surface area contributed by atoms with E-state index >= 15 is 0 Å². The number of aliphatic hydroxyl groups excluding tert-OH is 1. The summed E-state index contributed by atoms with van der Waals surface area (Å²) in [5.74, 6) is -0.984. The highest BCUT2D eigenvalue weighted by molar-refractivity contribution is 6.51. The summed E-state index contributed by atoms with van der Waals surface area (Å²) in [5.41, 5.74) is 3.57. The van der Waals surface area contributed by atoms with E-state index in [0.717, 1.165) is 11.1 Å². The Morgan fingerprint density at radius 1 is 0.949 bits per heavy atom. The van der Waals surface area contributed by atoms with Crippen molar-refractivity contribution in [2.75, 3.05) is 26.2 Å². The number of Topliss-reactive ketones (excluding diaryl/α,β-unsaturated/α-hetero) is 1. The molecule has 1 fully saturated rings. The number of ketones is 1. The predicted molar refractivity (Wildman–Crippen MR) is 148 cm³/mol. The maximum Gasteiger partial charge on any atom is 0.302 e. The maximum absolute atomic E-state index is 13.6. The zero-order chi connectivity index (χ0) is 28.0. The van der Waals surface area contributed by atoms with Crippen LogP contribution in [-0.4, -0.2) is 48.1 Å². The molecule has 4 aromatic rings. The first kappa shape index (κ1) is 26.1. The Balaban J connectivity index is 1.80. The molecule has 2 heterocycles. The Labute approximate surface area is 229 Å². The first-order chi connectivity index (χ1) is 18.7. The fourth-order valence-electron chi connectivity index (χ4n) is 4.87. The van der Waals surface area contributed by atoms with Crippen molar-refractivity contribution in [2.24, 2.45) is 0 Å². The van der Waals surface area contributed by atoms with E-state index in [1.807, 2.05) is 25.1 Å². The van der Waals surface area contributed by atoms with Crippen molar-refractivity contribution in [3.05, 3.63) is 81.4 Å². The fraction of sp³-hybridized carbons (Fsp3) is 0.207. The number of halogens is 1. The monoisotopic (exact) mass is 547 g/mol. The van der Waals surface area contributed by atoms with Gasteiger partial charge < -0.3 is 24.3 Å². The zero-order valence-corrected chi connectivity index (χ0v) is 22.7. The topological polar surface area (TPSA) is 114 Å².